The van der Waals surface area contributed by atoms with Crippen LogP contribution in [-0.4, -0.2) is 78.0 Å². The molecule has 11 heteroatoms. The van der Waals surface area contributed by atoms with Gasteiger partial charge in [-0.05, 0) is 48.9 Å². The lowest BCUT2D eigenvalue weighted by Gasteiger charge is -2.29. The molecule has 178 valence electrons. The summed E-state index contributed by atoms with van der Waals surface area (Å²) < 4.78 is 62.2. The number of hydrogen-bond acceptors (Lipinski definition) is 7. The van der Waals surface area contributed by atoms with Crippen LogP contribution in [0, 0.1) is 0 Å². The van der Waals surface area contributed by atoms with Crippen molar-refractivity contribution in [1.82, 2.24) is 4.31 Å². The van der Waals surface area contributed by atoms with Crippen molar-refractivity contribution in [2.24, 2.45) is 0 Å². The van der Waals surface area contributed by atoms with Crippen LogP contribution in [0.5, 0.6) is 5.75 Å². The van der Waals surface area contributed by atoms with Crippen molar-refractivity contribution in [3.63, 3.8) is 0 Å². The number of nitrogens with zero attached hydrogens (tertiary/aromatic N) is 2. The molecule has 1 amide bonds. The van der Waals surface area contributed by atoms with E-state index in [1.807, 2.05) is 0 Å². The molecule has 0 aromatic heterocycles. The van der Waals surface area contributed by atoms with Gasteiger partial charge in [0.15, 0.2) is 9.84 Å². The number of morpholine rings is 1. The van der Waals surface area contributed by atoms with Gasteiger partial charge in [0.2, 0.25) is 10.0 Å². The van der Waals surface area contributed by atoms with Crippen LogP contribution < -0.4 is 9.64 Å². The maximum absolute atomic E-state index is 13.6. The number of sulfonamides is 1. The van der Waals surface area contributed by atoms with E-state index < -0.39 is 31.8 Å². The first-order valence-electron chi connectivity index (χ1n) is 10.6. The molecule has 0 aliphatic carbocycles. The Morgan fingerprint density at radius 3 is 2.42 bits per heavy atom. The molecule has 2 aliphatic heterocycles. The number of sulfone groups is 1. The summed E-state index contributed by atoms with van der Waals surface area (Å²) in [4.78, 5) is 15.1. The van der Waals surface area contributed by atoms with E-state index in [2.05, 4.69) is 0 Å². The van der Waals surface area contributed by atoms with Crippen LogP contribution in [0.4, 0.5) is 5.69 Å². The molecule has 0 bridgehead atoms. The number of carbonyl (C=O) groups is 1. The SMILES string of the molecule is COc1ccc(N(C(=O)c2cccc(S(=O)(=O)N3CCOCC3)c2)[C@@H]2CCS(=O)(=O)C2)cc1. The van der Waals surface area contributed by atoms with Gasteiger partial charge in [-0.1, -0.05) is 6.07 Å². The zero-order valence-electron chi connectivity index (χ0n) is 18.2. The molecule has 2 aromatic carbocycles. The summed E-state index contributed by atoms with van der Waals surface area (Å²) in [5.74, 6) is 0.00430. The van der Waals surface area contributed by atoms with E-state index in [1.54, 1.807) is 30.3 Å². The third-order valence-electron chi connectivity index (χ3n) is 5.83. The Bertz CT molecular complexity index is 1220. The van der Waals surface area contributed by atoms with E-state index in [9.17, 15) is 21.6 Å². The van der Waals surface area contributed by atoms with Gasteiger partial charge in [-0.3, -0.25) is 4.79 Å². The minimum Gasteiger partial charge on any atom is -0.497 e. The highest BCUT2D eigenvalue weighted by Crippen LogP contribution is 2.29. The number of rotatable bonds is 6. The number of benzene rings is 2. The summed E-state index contributed by atoms with van der Waals surface area (Å²) >= 11 is 0. The average molecular weight is 495 g/mol. The van der Waals surface area contributed by atoms with E-state index in [1.165, 1.54) is 34.5 Å². The molecule has 9 nitrogen and oxygen atoms in total. The van der Waals surface area contributed by atoms with Crippen molar-refractivity contribution < 1.29 is 31.1 Å². The van der Waals surface area contributed by atoms with E-state index in [4.69, 9.17) is 9.47 Å². The van der Waals surface area contributed by atoms with Gasteiger partial charge < -0.3 is 14.4 Å². The zero-order valence-corrected chi connectivity index (χ0v) is 19.8. The molecule has 0 spiro atoms. The Labute approximate surface area is 193 Å². The first kappa shape index (κ1) is 23.7. The van der Waals surface area contributed by atoms with Gasteiger partial charge in [-0.15, -0.1) is 0 Å². The minimum atomic E-state index is -3.78. The van der Waals surface area contributed by atoms with Gasteiger partial charge in [-0.2, -0.15) is 4.31 Å². The first-order valence-corrected chi connectivity index (χ1v) is 13.8. The molecular formula is C22H26N2O7S2. The summed E-state index contributed by atoms with van der Waals surface area (Å²) in [7, 11) is -5.51. The highest BCUT2D eigenvalue weighted by atomic mass is 32.2. The van der Waals surface area contributed by atoms with Crippen molar-refractivity contribution in [3.8, 4) is 5.75 Å². The predicted octanol–water partition coefficient (Wildman–Crippen LogP) is 1.55. The molecule has 0 saturated carbocycles. The molecule has 4 rings (SSSR count). The van der Waals surface area contributed by atoms with Crippen LogP contribution in [0.2, 0.25) is 0 Å². The number of amides is 1. The molecule has 2 heterocycles. The normalized spacial score (nSPS) is 20.9. The smallest absolute Gasteiger partial charge is 0.258 e. The topological polar surface area (TPSA) is 110 Å². The monoisotopic (exact) mass is 494 g/mol. The maximum Gasteiger partial charge on any atom is 0.258 e. The van der Waals surface area contributed by atoms with Crippen molar-refractivity contribution in [1.29, 1.82) is 0 Å². The highest BCUT2D eigenvalue weighted by molar-refractivity contribution is 7.91. The summed E-state index contributed by atoms with van der Waals surface area (Å²) in [6.07, 6.45) is 0.311. The van der Waals surface area contributed by atoms with Gasteiger partial charge in [0.25, 0.3) is 5.91 Å². The van der Waals surface area contributed by atoms with Gasteiger partial charge >= 0.3 is 0 Å². The van der Waals surface area contributed by atoms with Crippen LogP contribution >= 0.6 is 0 Å². The van der Waals surface area contributed by atoms with Crippen LogP contribution in [-0.2, 0) is 24.6 Å². The van der Waals surface area contributed by atoms with Crippen molar-refractivity contribution in [2.75, 3.05) is 49.8 Å². The molecular weight excluding hydrogens is 468 g/mol. The molecule has 1 atom stereocenters. The molecule has 33 heavy (non-hydrogen) atoms. The quantitative estimate of drug-likeness (QED) is 0.599. The predicted molar refractivity (Wildman–Crippen MR) is 123 cm³/mol. The molecule has 0 radical (unpaired) electrons. The number of ether oxygens (including phenoxy) is 2. The number of hydrogen-bond donors (Lipinski definition) is 0. The minimum absolute atomic E-state index is 0.00303. The molecule has 0 N–H and O–H groups in total. The highest BCUT2D eigenvalue weighted by Gasteiger charge is 2.36. The number of anilines is 1. The van der Waals surface area contributed by atoms with Gasteiger partial charge in [-0.25, -0.2) is 16.8 Å². The van der Waals surface area contributed by atoms with Crippen LogP contribution in [0.15, 0.2) is 53.4 Å². The Kier molecular flexibility index (Phi) is 6.76. The Morgan fingerprint density at radius 1 is 1.12 bits per heavy atom. The Hall–Kier alpha value is -2.47. The molecule has 2 fully saturated rings. The number of carbonyl (C=O) groups excluding carboxylic acids is 1. The zero-order chi connectivity index (χ0) is 23.6. The lowest BCUT2D eigenvalue weighted by Crippen LogP contribution is -2.42. The lowest BCUT2D eigenvalue weighted by molar-refractivity contribution is 0.0730. The third kappa shape index (κ3) is 5.06. The molecule has 2 aliphatic rings. The fourth-order valence-corrected chi connectivity index (χ4v) is 7.23. The van der Waals surface area contributed by atoms with Crippen molar-refractivity contribution >= 4 is 31.5 Å². The second-order valence-electron chi connectivity index (χ2n) is 7.97. The molecule has 0 unspecified atom stereocenters. The van der Waals surface area contributed by atoms with Crippen molar-refractivity contribution in [3.05, 3.63) is 54.1 Å². The third-order valence-corrected chi connectivity index (χ3v) is 9.48. The van der Waals surface area contributed by atoms with Gasteiger partial charge in [0, 0.05) is 24.3 Å². The summed E-state index contributed by atoms with van der Waals surface area (Å²) in [5, 5.41) is 0. The molecule has 2 saturated heterocycles. The second kappa shape index (κ2) is 9.41. The van der Waals surface area contributed by atoms with Crippen LogP contribution in [0.25, 0.3) is 0 Å². The van der Waals surface area contributed by atoms with Crippen LogP contribution in [0.1, 0.15) is 16.8 Å². The summed E-state index contributed by atoms with van der Waals surface area (Å²) in [5.41, 5.74) is 0.689. The summed E-state index contributed by atoms with van der Waals surface area (Å²) in [6, 6.07) is 12.1. The van der Waals surface area contributed by atoms with E-state index in [0.717, 1.165) is 0 Å². The standard InChI is InChI=1S/C22H26N2O7S2/c1-30-20-7-5-18(6-8-20)24(19-9-14-32(26,27)16-19)22(25)17-3-2-4-21(15-17)33(28,29)23-10-12-31-13-11-23/h2-8,15,19H,9-14,16H2,1H3/t19-/m1/s1. The Morgan fingerprint density at radius 2 is 1.82 bits per heavy atom. The average Bonchev–Trinajstić information content (AvgIpc) is 3.19. The van der Waals surface area contributed by atoms with E-state index in [-0.39, 0.29) is 35.1 Å². The van der Waals surface area contributed by atoms with E-state index in [0.29, 0.717) is 31.1 Å². The number of methoxy groups -OCH3 is 1. The summed E-state index contributed by atoms with van der Waals surface area (Å²) in [6.45, 7) is 1.13. The largest absolute Gasteiger partial charge is 0.497 e. The van der Waals surface area contributed by atoms with Crippen LogP contribution in [0.3, 0.4) is 0 Å². The fourth-order valence-electron chi connectivity index (χ4n) is 4.08. The molecule has 2 aromatic rings. The van der Waals surface area contributed by atoms with Gasteiger partial charge in [0.05, 0.1) is 42.8 Å². The first-order chi connectivity index (χ1) is 15.7. The van der Waals surface area contributed by atoms with Crippen molar-refractivity contribution in [2.45, 2.75) is 17.4 Å². The van der Waals surface area contributed by atoms with E-state index >= 15 is 0 Å². The fraction of sp³-hybridized carbons (Fsp3) is 0.409. The Balaban J connectivity index is 1.69. The maximum atomic E-state index is 13.6. The second-order valence-corrected chi connectivity index (χ2v) is 12.1. The lowest BCUT2D eigenvalue weighted by atomic mass is 10.1. The van der Waals surface area contributed by atoms with Gasteiger partial charge in [0.1, 0.15) is 5.75 Å².